The molecule has 1 N–H and O–H groups in total. The molecule has 0 aliphatic rings. The lowest BCUT2D eigenvalue weighted by Crippen LogP contribution is -2.05. The Morgan fingerprint density at radius 3 is 2.60 bits per heavy atom. The number of benzene rings is 1. The van der Waals surface area contributed by atoms with Gasteiger partial charge >= 0.3 is 5.97 Å². The number of hydrogen-bond donors (Lipinski definition) is 1. The van der Waals surface area contributed by atoms with Crippen LogP contribution in [0.25, 0.3) is 0 Å². The van der Waals surface area contributed by atoms with Gasteiger partial charge in [-0.25, -0.2) is 9.18 Å². The average Bonchev–Trinajstić information content (AvgIpc) is 2.20. The number of aromatic carboxylic acids is 1. The van der Waals surface area contributed by atoms with Crippen molar-refractivity contribution in [2.75, 3.05) is 6.61 Å². The van der Waals surface area contributed by atoms with Gasteiger partial charge in [0.25, 0.3) is 0 Å². The Labute approximate surface area is 87.5 Å². The van der Waals surface area contributed by atoms with Gasteiger partial charge in [0.2, 0.25) is 0 Å². The number of carboxylic acid groups (broad SMARTS) is 1. The molecule has 4 heteroatoms. The van der Waals surface area contributed by atoms with Gasteiger partial charge in [-0.1, -0.05) is 6.92 Å². The van der Waals surface area contributed by atoms with Crippen LogP contribution in [0.1, 0.15) is 29.8 Å². The van der Waals surface area contributed by atoms with Crippen LogP contribution in [0.4, 0.5) is 4.39 Å². The molecular formula is C11H13FO3. The van der Waals surface area contributed by atoms with Crippen LogP contribution in [0.5, 0.6) is 5.75 Å². The molecule has 0 spiro atoms. The van der Waals surface area contributed by atoms with Gasteiger partial charge in [0.1, 0.15) is 17.1 Å². The van der Waals surface area contributed by atoms with E-state index in [0.29, 0.717) is 18.6 Å². The van der Waals surface area contributed by atoms with Crippen LogP contribution >= 0.6 is 0 Å². The maximum absolute atomic E-state index is 13.3. The van der Waals surface area contributed by atoms with Gasteiger partial charge < -0.3 is 9.84 Å². The second kappa shape index (κ2) is 4.77. The number of aryl methyl sites for hydroxylation is 1. The molecule has 1 aromatic carbocycles. The first-order valence-corrected chi connectivity index (χ1v) is 4.78. The highest BCUT2D eigenvalue weighted by Crippen LogP contribution is 2.23. The van der Waals surface area contributed by atoms with Crippen molar-refractivity contribution in [3.8, 4) is 5.75 Å². The molecule has 0 atom stereocenters. The zero-order valence-electron chi connectivity index (χ0n) is 8.71. The van der Waals surface area contributed by atoms with E-state index in [2.05, 4.69) is 0 Å². The normalized spacial score (nSPS) is 10.1. The molecule has 15 heavy (non-hydrogen) atoms. The van der Waals surface area contributed by atoms with Crippen molar-refractivity contribution in [3.05, 3.63) is 29.1 Å². The minimum Gasteiger partial charge on any atom is -0.493 e. The first kappa shape index (κ1) is 11.5. The van der Waals surface area contributed by atoms with Crippen molar-refractivity contribution in [2.24, 2.45) is 0 Å². The number of halogens is 1. The molecule has 1 rings (SSSR count). The lowest BCUT2D eigenvalue weighted by atomic mass is 10.1. The van der Waals surface area contributed by atoms with Crippen molar-refractivity contribution < 1.29 is 19.0 Å². The van der Waals surface area contributed by atoms with Crippen LogP contribution in [0.3, 0.4) is 0 Å². The summed E-state index contributed by atoms with van der Waals surface area (Å²) in [5, 5.41) is 8.83. The summed E-state index contributed by atoms with van der Waals surface area (Å²) < 4.78 is 18.5. The van der Waals surface area contributed by atoms with Crippen molar-refractivity contribution >= 4 is 5.97 Å². The van der Waals surface area contributed by atoms with E-state index >= 15 is 0 Å². The van der Waals surface area contributed by atoms with Crippen LogP contribution in [0, 0.1) is 5.82 Å². The number of rotatable bonds is 4. The van der Waals surface area contributed by atoms with E-state index in [1.807, 2.05) is 0 Å². The zero-order valence-corrected chi connectivity index (χ0v) is 8.71. The maximum Gasteiger partial charge on any atom is 0.339 e. The standard InChI is InChI=1S/C11H13FO3/c1-3-7-5-10(15-4-2)8(11(13)14)6-9(7)12/h5-6H,3-4H2,1-2H3,(H,13,14). The average molecular weight is 212 g/mol. The van der Waals surface area contributed by atoms with Gasteiger partial charge in [-0.05, 0) is 31.0 Å². The summed E-state index contributed by atoms with van der Waals surface area (Å²) in [5.74, 6) is -1.46. The summed E-state index contributed by atoms with van der Waals surface area (Å²) in [6.45, 7) is 3.91. The van der Waals surface area contributed by atoms with Crippen molar-refractivity contribution in [1.29, 1.82) is 0 Å². The molecular weight excluding hydrogens is 199 g/mol. The first-order valence-electron chi connectivity index (χ1n) is 4.78. The topological polar surface area (TPSA) is 46.5 Å². The van der Waals surface area contributed by atoms with E-state index in [1.54, 1.807) is 13.8 Å². The highest BCUT2D eigenvalue weighted by molar-refractivity contribution is 5.91. The second-order valence-corrected chi connectivity index (χ2v) is 3.03. The molecule has 0 saturated carbocycles. The fourth-order valence-corrected chi connectivity index (χ4v) is 1.31. The third kappa shape index (κ3) is 2.46. The summed E-state index contributed by atoms with van der Waals surface area (Å²) in [6.07, 6.45) is 0.506. The quantitative estimate of drug-likeness (QED) is 0.834. The van der Waals surface area contributed by atoms with Gasteiger partial charge in [0.05, 0.1) is 6.61 Å². The van der Waals surface area contributed by atoms with Gasteiger partial charge in [-0.15, -0.1) is 0 Å². The van der Waals surface area contributed by atoms with Gasteiger partial charge in [0.15, 0.2) is 0 Å². The number of hydrogen-bond acceptors (Lipinski definition) is 2. The Bertz CT molecular complexity index is 374. The third-order valence-corrected chi connectivity index (χ3v) is 2.06. The lowest BCUT2D eigenvalue weighted by molar-refractivity contribution is 0.0692. The maximum atomic E-state index is 13.3. The number of ether oxygens (including phenoxy) is 1. The molecule has 0 aromatic heterocycles. The molecule has 3 nitrogen and oxygen atoms in total. The summed E-state index contributed by atoms with van der Waals surface area (Å²) >= 11 is 0. The molecule has 0 aliphatic heterocycles. The Morgan fingerprint density at radius 2 is 2.13 bits per heavy atom. The Morgan fingerprint density at radius 1 is 1.47 bits per heavy atom. The predicted octanol–water partition coefficient (Wildman–Crippen LogP) is 2.49. The van der Waals surface area contributed by atoms with Crippen LogP contribution in [0.15, 0.2) is 12.1 Å². The van der Waals surface area contributed by atoms with E-state index in [-0.39, 0.29) is 11.3 Å². The molecule has 0 radical (unpaired) electrons. The lowest BCUT2D eigenvalue weighted by Gasteiger charge is -2.09. The Balaban J connectivity index is 3.25. The largest absolute Gasteiger partial charge is 0.493 e. The summed E-state index contributed by atoms with van der Waals surface area (Å²) in [6, 6.07) is 2.45. The SMILES string of the molecule is CCOc1cc(CC)c(F)cc1C(=O)O. The minimum absolute atomic E-state index is 0.133. The van der Waals surface area contributed by atoms with E-state index < -0.39 is 11.8 Å². The predicted molar refractivity (Wildman–Crippen MR) is 53.9 cm³/mol. The van der Waals surface area contributed by atoms with Gasteiger partial charge in [-0.3, -0.25) is 0 Å². The van der Waals surface area contributed by atoms with Gasteiger partial charge in [0, 0.05) is 0 Å². The Kier molecular flexibility index (Phi) is 3.66. The van der Waals surface area contributed by atoms with Crippen molar-refractivity contribution in [2.45, 2.75) is 20.3 Å². The third-order valence-electron chi connectivity index (χ3n) is 2.06. The van der Waals surface area contributed by atoms with Crippen LogP contribution < -0.4 is 4.74 Å². The molecule has 82 valence electrons. The van der Waals surface area contributed by atoms with E-state index in [0.717, 1.165) is 6.07 Å². The molecule has 0 unspecified atom stereocenters. The minimum atomic E-state index is -1.18. The number of carbonyl (C=O) groups is 1. The monoisotopic (exact) mass is 212 g/mol. The van der Waals surface area contributed by atoms with Crippen LogP contribution in [0.2, 0.25) is 0 Å². The molecule has 1 aromatic rings. The fourth-order valence-electron chi connectivity index (χ4n) is 1.31. The molecule has 0 heterocycles. The molecule has 0 bridgehead atoms. The second-order valence-electron chi connectivity index (χ2n) is 3.03. The van der Waals surface area contributed by atoms with E-state index in [1.165, 1.54) is 6.07 Å². The highest BCUT2D eigenvalue weighted by atomic mass is 19.1. The summed E-state index contributed by atoms with van der Waals surface area (Å²) in [7, 11) is 0. The Hall–Kier alpha value is -1.58. The van der Waals surface area contributed by atoms with Crippen LogP contribution in [-0.4, -0.2) is 17.7 Å². The van der Waals surface area contributed by atoms with E-state index in [9.17, 15) is 9.18 Å². The molecule has 0 amide bonds. The van der Waals surface area contributed by atoms with E-state index in [4.69, 9.17) is 9.84 Å². The first-order chi connectivity index (χ1) is 7.10. The summed E-state index contributed by atoms with van der Waals surface area (Å²) in [5.41, 5.74) is 0.329. The smallest absolute Gasteiger partial charge is 0.339 e. The zero-order chi connectivity index (χ0) is 11.4. The highest BCUT2D eigenvalue weighted by Gasteiger charge is 2.15. The molecule has 0 saturated heterocycles. The van der Waals surface area contributed by atoms with Crippen molar-refractivity contribution in [3.63, 3.8) is 0 Å². The molecule has 0 fully saturated rings. The fraction of sp³-hybridized carbons (Fsp3) is 0.364. The van der Waals surface area contributed by atoms with Crippen molar-refractivity contribution in [1.82, 2.24) is 0 Å². The number of carboxylic acids is 1. The molecule has 0 aliphatic carbocycles. The summed E-state index contributed by atoms with van der Waals surface area (Å²) in [4.78, 5) is 10.8. The van der Waals surface area contributed by atoms with Gasteiger partial charge in [-0.2, -0.15) is 0 Å². The van der Waals surface area contributed by atoms with Crippen LogP contribution in [-0.2, 0) is 6.42 Å².